The summed E-state index contributed by atoms with van der Waals surface area (Å²) in [4.78, 5) is 30.9. The van der Waals surface area contributed by atoms with Crippen molar-refractivity contribution in [3.8, 4) is 11.3 Å². The fourth-order valence-electron chi connectivity index (χ4n) is 4.12. The largest absolute Gasteiger partial charge is 0.444 e. The number of hydrogen-bond acceptors (Lipinski definition) is 4. The highest BCUT2D eigenvalue weighted by Gasteiger charge is 2.28. The summed E-state index contributed by atoms with van der Waals surface area (Å²) in [6.07, 6.45) is 1.95. The molecule has 0 atom stereocenters. The predicted molar refractivity (Wildman–Crippen MR) is 130 cm³/mol. The van der Waals surface area contributed by atoms with E-state index in [0.717, 1.165) is 0 Å². The monoisotopic (exact) mass is 519 g/mol. The van der Waals surface area contributed by atoms with Crippen molar-refractivity contribution in [2.24, 2.45) is 0 Å². The van der Waals surface area contributed by atoms with Crippen molar-refractivity contribution in [3.63, 3.8) is 0 Å². The van der Waals surface area contributed by atoms with E-state index in [2.05, 4.69) is 10.3 Å². The molecule has 0 unspecified atom stereocenters. The average Bonchev–Trinajstić information content (AvgIpc) is 2.79. The Morgan fingerprint density at radius 1 is 1.06 bits per heavy atom. The highest BCUT2D eigenvalue weighted by Crippen LogP contribution is 2.35. The van der Waals surface area contributed by atoms with Crippen LogP contribution < -0.4 is 5.32 Å². The molecule has 10 heteroatoms. The number of piperidine rings is 1. The first kappa shape index (κ1) is 25.8. The molecule has 190 valence electrons. The number of nitrogens with zero attached hydrogens (tertiary/aromatic N) is 2. The van der Waals surface area contributed by atoms with Gasteiger partial charge in [0.15, 0.2) is 0 Å². The zero-order valence-electron chi connectivity index (χ0n) is 20.0. The lowest BCUT2D eigenvalue weighted by Gasteiger charge is -2.33. The summed E-state index contributed by atoms with van der Waals surface area (Å²) < 4.78 is 47.8. The van der Waals surface area contributed by atoms with Crippen LogP contribution in [0.25, 0.3) is 22.0 Å². The third kappa shape index (κ3) is 5.56. The molecule has 1 N–H and O–H groups in total. The number of carbonyl (C=O) groups is 2. The van der Waals surface area contributed by atoms with Gasteiger partial charge in [0.25, 0.3) is 5.91 Å². The van der Waals surface area contributed by atoms with Crippen molar-refractivity contribution in [2.45, 2.75) is 45.3 Å². The maximum absolute atomic E-state index is 14.5. The molecule has 2 amide bonds. The standard InChI is InChI=1S/C26H25ClF3N3O3/c1-26(2,3)36-25(35)33-8-6-16(7-9-33)32-24(34)14-4-5-17-18(10-14)23(31-13-19(17)27)22-20(29)11-15(28)12-21(22)30/h4-5,10-13,16H,6-9H2,1-3H3,(H,32,34). The summed E-state index contributed by atoms with van der Waals surface area (Å²) in [5.74, 6) is -3.67. The molecule has 2 aromatic carbocycles. The van der Waals surface area contributed by atoms with Gasteiger partial charge in [0.1, 0.15) is 23.1 Å². The molecule has 2 heterocycles. The maximum atomic E-state index is 14.5. The summed E-state index contributed by atoms with van der Waals surface area (Å²) in [6.45, 7) is 6.27. The smallest absolute Gasteiger partial charge is 0.410 e. The number of fused-ring (bicyclic) bond motifs is 1. The molecule has 1 aliphatic rings. The summed E-state index contributed by atoms with van der Waals surface area (Å²) in [6, 6.07) is 5.55. The zero-order valence-corrected chi connectivity index (χ0v) is 20.8. The molecular weight excluding hydrogens is 495 g/mol. The average molecular weight is 520 g/mol. The van der Waals surface area contributed by atoms with Crippen molar-refractivity contribution >= 4 is 34.4 Å². The van der Waals surface area contributed by atoms with Crippen LogP contribution in [-0.4, -0.2) is 46.6 Å². The van der Waals surface area contributed by atoms with Crippen LogP contribution in [0.2, 0.25) is 5.02 Å². The molecule has 3 aromatic rings. The molecule has 0 spiro atoms. The topological polar surface area (TPSA) is 71.5 Å². The Morgan fingerprint density at radius 2 is 1.69 bits per heavy atom. The van der Waals surface area contributed by atoms with Crippen molar-refractivity contribution in [2.75, 3.05) is 13.1 Å². The Balaban J connectivity index is 1.55. The van der Waals surface area contributed by atoms with Crippen LogP contribution in [0.5, 0.6) is 0 Å². The van der Waals surface area contributed by atoms with Gasteiger partial charge < -0.3 is 15.0 Å². The molecule has 1 fully saturated rings. The second kappa shape index (κ2) is 9.97. The maximum Gasteiger partial charge on any atom is 0.410 e. The van der Waals surface area contributed by atoms with Crippen molar-refractivity contribution in [3.05, 3.63) is 64.6 Å². The molecule has 6 nitrogen and oxygen atoms in total. The van der Waals surface area contributed by atoms with E-state index in [4.69, 9.17) is 16.3 Å². The minimum absolute atomic E-state index is 0.0929. The second-order valence-electron chi connectivity index (χ2n) is 9.67. The minimum Gasteiger partial charge on any atom is -0.444 e. The number of carbonyl (C=O) groups excluding carboxylic acids is 2. The molecule has 0 bridgehead atoms. The summed E-state index contributed by atoms with van der Waals surface area (Å²) in [5, 5.41) is 3.86. The number of nitrogens with one attached hydrogen (secondary N) is 1. The third-order valence-electron chi connectivity index (χ3n) is 5.83. The zero-order chi connectivity index (χ0) is 26.2. The van der Waals surface area contributed by atoms with E-state index in [-0.39, 0.29) is 33.8 Å². The molecular formula is C26H25ClF3N3O3. The number of halogens is 4. The van der Waals surface area contributed by atoms with Crippen LogP contribution in [0.1, 0.15) is 44.0 Å². The van der Waals surface area contributed by atoms with Gasteiger partial charge in [-0.15, -0.1) is 0 Å². The molecule has 4 rings (SSSR count). The van der Waals surface area contributed by atoms with E-state index in [9.17, 15) is 22.8 Å². The Morgan fingerprint density at radius 3 is 2.31 bits per heavy atom. The fraction of sp³-hybridized carbons (Fsp3) is 0.346. The first-order valence-electron chi connectivity index (χ1n) is 11.4. The number of benzene rings is 2. The third-order valence-corrected chi connectivity index (χ3v) is 6.13. The van der Waals surface area contributed by atoms with E-state index < -0.39 is 34.5 Å². The number of likely N-dealkylation sites (tertiary alicyclic amines) is 1. The van der Waals surface area contributed by atoms with E-state index in [1.807, 2.05) is 0 Å². The van der Waals surface area contributed by atoms with Gasteiger partial charge in [-0.25, -0.2) is 18.0 Å². The number of amides is 2. The highest BCUT2D eigenvalue weighted by molar-refractivity contribution is 6.35. The summed E-state index contributed by atoms with van der Waals surface area (Å²) in [5.41, 5.74) is -0.950. The van der Waals surface area contributed by atoms with Crippen LogP contribution >= 0.6 is 11.6 Å². The molecule has 1 saturated heterocycles. The molecule has 36 heavy (non-hydrogen) atoms. The number of hydrogen-bond donors (Lipinski definition) is 1. The number of rotatable bonds is 3. The predicted octanol–water partition coefficient (Wildman–Crippen LogP) is 6.10. The van der Waals surface area contributed by atoms with Gasteiger partial charge in [-0.3, -0.25) is 9.78 Å². The highest BCUT2D eigenvalue weighted by atomic mass is 35.5. The van der Waals surface area contributed by atoms with E-state index in [0.29, 0.717) is 43.5 Å². The van der Waals surface area contributed by atoms with Crippen molar-refractivity contribution in [1.29, 1.82) is 0 Å². The van der Waals surface area contributed by atoms with Gasteiger partial charge in [-0.1, -0.05) is 17.7 Å². The molecule has 0 aliphatic carbocycles. The second-order valence-corrected chi connectivity index (χ2v) is 10.1. The summed E-state index contributed by atoms with van der Waals surface area (Å²) >= 11 is 6.24. The SMILES string of the molecule is CC(C)(C)OC(=O)N1CCC(NC(=O)c2ccc3c(Cl)cnc(-c4c(F)cc(F)cc4F)c3c2)CC1. The number of ether oxygens (including phenoxy) is 1. The van der Waals surface area contributed by atoms with Gasteiger partial charge in [0.05, 0.1) is 16.3 Å². The molecule has 1 aromatic heterocycles. The normalized spacial score (nSPS) is 14.7. The Hall–Kier alpha value is -3.33. The van der Waals surface area contributed by atoms with Crippen molar-refractivity contribution < 1.29 is 27.5 Å². The van der Waals surface area contributed by atoms with Crippen LogP contribution in [0.4, 0.5) is 18.0 Å². The van der Waals surface area contributed by atoms with Crippen LogP contribution in [0.15, 0.2) is 36.5 Å². The number of pyridine rings is 1. The lowest BCUT2D eigenvalue weighted by molar-refractivity contribution is 0.0199. The minimum atomic E-state index is -1.12. The Bertz CT molecular complexity index is 1310. The quantitative estimate of drug-likeness (QED) is 0.454. The van der Waals surface area contributed by atoms with Gasteiger partial charge in [-0.05, 0) is 45.7 Å². The van der Waals surface area contributed by atoms with E-state index >= 15 is 0 Å². The van der Waals surface area contributed by atoms with Gasteiger partial charge in [-0.2, -0.15) is 0 Å². The number of aromatic nitrogens is 1. The van der Waals surface area contributed by atoms with E-state index in [1.165, 1.54) is 12.3 Å². The van der Waals surface area contributed by atoms with Crippen molar-refractivity contribution in [1.82, 2.24) is 15.2 Å². The lowest BCUT2D eigenvalue weighted by Crippen LogP contribution is -2.47. The lowest BCUT2D eigenvalue weighted by atomic mass is 10.00. The van der Waals surface area contributed by atoms with Gasteiger partial charge in [0.2, 0.25) is 0 Å². The van der Waals surface area contributed by atoms with Crippen LogP contribution in [-0.2, 0) is 4.74 Å². The molecule has 0 saturated carbocycles. The van der Waals surface area contributed by atoms with Gasteiger partial charge in [0, 0.05) is 53.8 Å². The molecule has 0 radical (unpaired) electrons. The fourth-order valence-corrected chi connectivity index (χ4v) is 4.33. The van der Waals surface area contributed by atoms with Crippen LogP contribution in [0.3, 0.4) is 0 Å². The Labute approximate surface area is 211 Å². The first-order chi connectivity index (χ1) is 16.9. The summed E-state index contributed by atoms with van der Waals surface area (Å²) in [7, 11) is 0. The van der Waals surface area contributed by atoms with E-state index in [1.54, 1.807) is 37.8 Å². The first-order valence-corrected chi connectivity index (χ1v) is 11.8. The molecule has 1 aliphatic heterocycles. The van der Waals surface area contributed by atoms with Gasteiger partial charge >= 0.3 is 6.09 Å². The van der Waals surface area contributed by atoms with Crippen LogP contribution in [0, 0.1) is 17.5 Å². The Kier molecular flexibility index (Phi) is 7.13.